The Hall–Kier alpha value is -1.30. The highest BCUT2D eigenvalue weighted by molar-refractivity contribution is 5.85. The molecule has 5 nitrogen and oxygen atoms in total. The van der Waals surface area contributed by atoms with Crippen molar-refractivity contribution in [2.24, 2.45) is 0 Å². The number of likely N-dealkylation sites (N-methyl/N-ethyl adjacent to an activating group) is 1. The summed E-state index contributed by atoms with van der Waals surface area (Å²) in [5.74, 6) is 1.01. The minimum atomic E-state index is 0. The number of ether oxygens (including phenoxy) is 1. The molecule has 0 radical (unpaired) electrons. The van der Waals surface area contributed by atoms with Crippen LogP contribution in [0.4, 0.5) is 0 Å². The number of piperidine rings is 1. The molecular formula is C17H26ClN3O2. The molecular weight excluding hydrogens is 314 g/mol. The van der Waals surface area contributed by atoms with Crippen molar-refractivity contribution in [1.29, 1.82) is 0 Å². The number of hydrogen-bond donors (Lipinski definition) is 2. The molecule has 2 N–H and O–H groups in total. The Labute approximate surface area is 144 Å². The van der Waals surface area contributed by atoms with Gasteiger partial charge in [0.25, 0.3) is 0 Å². The first kappa shape index (κ1) is 18.0. The van der Waals surface area contributed by atoms with Gasteiger partial charge in [-0.15, -0.1) is 12.4 Å². The Morgan fingerprint density at radius 2 is 2.17 bits per heavy atom. The zero-order chi connectivity index (χ0) is 15.4. The van der Waals surface area contributed by atoms with Gasteiger partial charge in [-0.05, 0) is 32.5 Å². The molecule has 3 rings (SSSR count). The molecule has 0 spiro atoms. The van der Waals surface area contributed by atoms with Crippen LogP contribution in [0.15, 0.2) is 24.3 Å². The van der Waals surface area contributed by atoms with Crippen LogP contribution in [0.1, 0.15) is 30.9 Å². The highest BCUT2D eigenvalue weighted by Crippen LogP contribution is 2.31. The molecule has 2 unspecified atom stereocenters. The standard InChI is InChI=1S/C17H25N3O2.ClH/c1-18-13-5-4-9-20(11-13)12-17(21)19-15-8-10-22-16-7-3-2-6-14(15)16;/h2-3,6-7,13,15,18H,4-5,8-12H2,1H3,(H,19,21);1H. The number of nitrogens with zero attached hydrogens (tertiary/aromatic N) is 1. The van der Waals surface area contributed by atoms with E-state index >= 15 is 0 Å². The van der Waals surface area contributed by atoms with E-state index in [4.69, 9.17) is 4.74 Å². The van der Waals surface area contributed by atoms with Gasteiger partial charge in [-0.3, -0.25) is 9.69 Å². The quantitative estimate of drug-likeness (QED) is 0.877. The van der Waals surface area contributed by atoms with E-state index in [0.717, 1.165) is 37.2 Å². The molecule has 2 atom stereocenters. The summed E-state index contributed by atoms with van der Waals surface area (Å²) >= 11 is 0. The van der Waals surface area contributed by atoms with E-state index in [1.165, 1.54) is 6.42 Å². The molecule has 2 heterocycles. The molecule has 0 saturated carbocycles. The Kier molecular flexibility index (Phi) is 6.69. The smallest absolute Gasteiger partial charge is 0.234 e. The summed E-state index contributed by atoms with van der Waals surface area (Å²) in [5.41, 5.74) is 1.09. The SMILES string of the molecule is CNC1CCCN(CC(=O)NC2CCOc3ccccc32)C1.Cl. The van der Waals surface area contributed by atoms with Gasteiger partial charge in [-0.1, -0.05) is 18.2 Å². The fourth-order valence-corrected chi connectivity index (χ4v) is 3.37. The summed E-state index contributed by atoms with van der Waals surface area (Å²) < 4.78 is 5.64. The van der Waals surface area contributed by atoms with Gasteiger partial charge in [0.2, 0.25) is 5.91 Å². The molecule has 2 aliphatic heterocycles. The van der Waals surface area contributed by atoms with Crippen LogP contribution in [0.5, 0.6) is 5.75 Å². The molecule has 6 heteroatoms. The van der Waals surface area contributed by atoms with E-state index in [1.807, 2.05) is 31.3 Å². The summed E-state index contributed by atoms with van der Waals surface area (Å²) in [4.78, 5) is 14.6. The summed E-state index contributed by atoms with van der Waals surface area (Å²) in [6.45, 7) is 3.11. The lowest BCUT2D eigenvalue weighted by Gasteiger charge is -2.33. The lowest BCUT2D eigenvalue weighted by Crippen LogP contribution is -2.48. The Bertz CT molecular complexity index is 526. The molecule has 128 valence electrons. The number of hydrogen-bond acceptors (Lipinski definition) is 4. The molecule has 0 aliphatic carbocycles. The molecule has 1 amide bonds. The first-order valence-electron chi connectivity index (χ1n) is 8.17. The van der Waals surface area contributed by atoms with Crippen molar-refractivity contribution in [3.63, 3.8) is 0 Å². The number of halogens is 1. The van der Waals surface area contributed by atoms with Gasteiger partial charge >= 0.3 is 0 Å². The van der Waals surface area contributed by atoms with Gasteiger partial charge < -0.3 is 15.4 Å². The van der Waals surface area contributed by atoms with Crippen LogP contribution < -0.4 is 15.4 Å². The van der Waals surface area contributed by atoms with Crippen molar-refractivity contribution in [2.45, 2.75) is 31.3 Å². The number of carbonyl (C=O) groups is 1. The lowest BCUT2D eigenvalue weighted by molar-refractivity contribution is -0.123. The van der Waals surface area contributed by atoms with Crippen LogP contribution in [-0.2, 0) is 4.79 Å². The topological polar surface area (TPSA) is 53.6 Å². The van der Waals surface area contributed by atoms with Crippen molar-refractivity contribution in [3.8, 4) is 5.75 Å². The third kappa shape index (κ3) is 4.59. The largest absolute Gasteiger partial charge is 0.493 e. The number of nitrogens with one attached hydrogen (secondary N) is 2. The van der Waals surface area contributed by atoms with E-state index in [0.29, 0.717) is 19.2 Å². The Morgan fingerprint density at radius 3 is 3.00 bits per heavy atom. The van der Waals surface area contributed by atoms with Crippen LogP contribution in [0.3, 0.4) is 0 Å². The molecule has 1 saturated heterocycles. The van der Waals surface area contributed by atoms with E-state index in [2.05, 4.69) is 15.5 Å². The van der Waals surface area contributed by atoms with Crippen LogP contribution in [0, 0.1) is 0 Å². The van der Waals surface area contributed by atoms with Crippen LogP contribution in [0.25, 0.3) is 0 Å². The predicted octanol–water partition coefficient (Wildman–Crippen LogP) is 1.73. The van der Waals surface area contributed by atoms with E-state index < -0.39 is 0 Å². The van der Waals surface area contributed by atoms with Crippen molar-refractivity contribution >= 4 is 18.3 Å². The highest BCUT2D eigenvalue weighted by atomic mass is 35.5. The fourth-order valence-electron chi connectivity index (χ4n) is 3.37. The average Bonchev–Trinajstić information content (AvgIpc) is 2.55. The number of para-hydroxylation sites is 1. The third-order valence-electron chi connectivity index (χ3n) is 4.57. The van der Waals surface area contributed by atoms with Gasteiger partial charge in [0.05, 0.1) is 19.2 Å². The van der Waals surface area contributed by atoms with Gasteiger partial charge in [0.1, 0.15) is 5.75 Å². The number of rotatable bonds is 4. The highest BCUT2D eigenvalue weighted by Gasteiger charge is 2.25. The molecule has 1 aromatic carbocycles. The Morgan fingerprint density at radius 1 is 1.35 bits per heavy atom. The Balaban J connectivity index is 0.00000192. The maximum atomic E-state index is 12.4. The van der Waals surface area contributed by atoms with Crippen LogP contribution in [-0.4, -0.2) is 50.1 Å². The lowest BCUT2D eigenvalue weighted by atomic mass is 10.0. The van der Waals surface area contributed by atoms with Crippen molar-refractivity contribution in [2.75, 3.05) is 33.3 Å². The minimum Gasteiger partial charge on any atom is -0.493 e. The first-order valence-corrected chi connectivity index (χ1v) is 8.17. The normalized spacial score (nSPS) is 24.0. The summed E-state index contributed by atoms with van der Waals surface area (Å²) in [6, 6.07) is 8.55. The van der Waals surface area contributed by atoms with Crippen LogP contribution in [0.2, 0.25) is 0 Å². The maximum absolute atomic E-state index is 12.4. The predicted molar refractivity (Wildman–Crippen MR) is 93.2 cm³/mol. The second kappa shape index (κ2) is 8.52. The number of carbonyl (C=O) groups excluding carboxylic acids is 1. The van der Waals surface area contributed by atoms with Gasteiger partial charge in [-0.2, -0.15) is 0 Å². The first-order chi connectivity index (χ1) is 10.8. The van der Waals surface area contributed by atoms with Crippen molar-refractivity contribution in [1.82, 2.24) is 15.5 Å². The zero-order valence-electron chi connectivity index (χ0n) is 13.6. The number of likely N-dealkylation sites (tertiary alicyclic amines) is 1. The van der Waals surface area contributed by atoms with Gasteiger partial charge in [0.15, 0.2) is 0 Å². The third-order valence-corrected chi connectivity index (χ3v) is 4.57. The second-order valence-corrected chi connectivity index (χ2v) is 6.16. The zero-order valence-corrected chi connectivity index (χ0v) is 14.4. The summed E-state index contributed by atoms with van der Waals surface area (Å²) in [6.07, 6.45) is 3.18. The van der Waals surface area contributed by atoms with E-state index in [1.54, 1.807) is 0 Å². The molecule has 0 bridgehead atoms. The molecule has 1 fully saturated rings. The molecule has 0 aromatic heterocycles. The second-order valence-electron chi connectivity index (χ2n) is 6.16. The minimum absolute atomic E-state index is 0. The monoisotopic (exact) mass is 339 g/mol. The number of amides is 1. The fraction of sp³-hybridized carbons (Fsp3) is 0.588. The van der Waals surface area contributed by atoms with Crippen LogP contribution >= 0.6 is 12.4 Å². The number of benzene rings is 1. The molecule has 2 aliphatic rings. The average molecular weight is 340 g/mol. The number of fused-ring (bicyclic) bond motifs is 1. The van der Waals surface area contributed by atoms with E-state index in [9.17, 15) is 4.79 Å². The van der Waals surface area contributed by atoms with Gasteiger partial charge in [-0.25, -0.2) is 0 Å². The summed E-state index contributed by atoms with van der Waals surface area (Å²) in [7, 11) is 1.99. The molecule has 23 heavy (non-hydrogen) atoms. The van der Waals surface area contributed by atoms with E-state index in [-0.39, 0.29) is 24.4 Å². The maximum Gasteiger partial charge on any atom is 0.234 e. The van der Waals surface area contributed by atoms with Crippen molar-refractivity contribution < 1.29 is 9.53 Å². The van der Waals surface area contributed by atoms with Crippen molar-refractivity contribution in [3.05, 3.63) is 29.8 Å². The van der Waals surface area contributed by atoms with Gasteiger partial charge in [0, 0.05) is 24.6 Å². The summed E-state index contributed by atoms with van der Waals surface area (Å²) in [5, 5.41) is 6.49. The molecule has 1 aromatic rings.